The lowest BCUT2D eigenvalue weighted by atomic mass is 9.82. The molecule has 0 aliphatic carbocycles. The Morgan fingerprint density at radius 1 is 1.14 bits per heavy atom. The first-order valence-corrected chi connectivity index (χ1v) is 8.06. The Labute approximate surface area is 127 Å². The number of hydrogen-bond acceptors (Lipinski definition) is 3. The van der Waals surface area contributed by atoms with Crippen LogP contribution in [0.25, 0.3) is 0 Å². The maximum atomic E-state index is 10.9. The van der Waals surface area contributed by atoms with Gasteiger partial charge in [-0.2, -0.15) is 0 Å². The number of benzene rings is 1. The molecule has 3 rings (SSSR count). The molecule has 21 heavy (non-hydrogen) atoms. The van der Waals surface area contributed by atoms with Crippen LogP contribution in [-0.4, -0.2) is 36.2 Å². The highest BCUT2D eigenvalue weighted by atomic mass is 16.5. The molecule has 2 aliphatic rings. The summed E-state index contributed by atoms with van der Waals surface area (Å²) in [6.45, 7) is 4.12. The van der Waals surface area contributed by atoms with E-state index in [-0.39, 0.29) is 6.10 Å². The zero-order valence-corrected chi connectivity index (χ0v) is 13.6. The van der Waals surface area contributed by atoms with Crippen molar-refractivity contribution in [1.82, 2.24) is 4.90 Å². The molecule has 3 atom stereocenters. The third-order valence-corrected chi connectivity index (χ3v) is 5.68. The lowest BCUT2D eigenvalue weighted by molar-refractivity contribution is 0.0352. The van der Waals surface area contributed by atoms with Crippen LogP contribution in [-0.2, 0) is 0 Å². The number of rotatable bonds is 3. The van der Waals surface area contributed by atoms with Gasteiger partial charge in [0, 0.05) is 12.1 Å². The van der Waals surface area contributed by atoms with Gasteiger partial charge in [0.2, 0.25) is 0 Å². The maximum absolute atomic E-state index is 10.9. The van der Waals surface area contributed by atoms with Gasteiger partial charge in [-0.1, -0.05) is 0 Å². The second-order valence-corrected chi connectivity index (χ2v) is 6.91. The lowest BCUT2D eigenvalue weighted by Crippen LogP contribution is -2.41. The number of piperidine rings is 1. The molecule has 0 spiro atoms. The van der Waals surface area contributed by atoms with Gasteiger partial charge in [0.25, 0.3) is 0 Å². The smallest absolute Gasteiger partial charge is 0.122 e. The van der Waals surface area contributed by atoms with Crippen molar-refractivity contribution in [3.8, 4) is 5.75 Å². The second kappa shape index (κ2) is 5.62. The molecule has 1 N–H and O–H groups in total. The van der Waals surface area contributed by atoms with Crippen LogP contribution in [0, 0.1) is 19.8 Å². The van der Waals surface area contributed by atoms with E-state index < -0.39 is 0 Å². The summed E-state index contributed by atoms with van der Waals surface area (Å²) >= 11 is 0. The minimum Gasteiger partial charge on any atom is -0.496 e. The highest BCUT2D eigenvalue weighted by Crippen LogP contribution is 2.43. The molecule has 3 nitrogen and oxygen atoms in total. The lowest BCUT2D eigenvalue weighted by Gasteiger charge is -2.38. The standard InChI is InChI=1S/C18H27NO2/c1-11-8-17(21-4)12(2)7-16(11)18(20)13-9-14-5-6-15(10-13)19(14)3/h7-8,13-15,18,20H,5-6,9-10H2,1-4H3. The average Bonchev–Trinajstić information content (AvgIpc) is 2.69. The van der Waals surface area contributed by atoms with Crippen LogP contribution in [0.15, 0.2) is 12.1 Å². The van der Waals surface area contributed by atoms with Gasteiger partial charge in [-0.05, 0) is 81.3 Å². The van der Waals surface area contributed by atoms with Crippen LogP contribution in [0.5, 0.6) is 5.75 Å². The Morgan fingerprint density at radius 3 is 2.33 bits per heavy atom. The monoisotopic (exact) mass is 289 g/mol. The van der Waals surface area contributed by atoms with Gasteiger partial charge < -0.3 is 14.7 Å². The van der Waals surface area contributed by atoms with Gasteiger partial charge in [-0.15, -0.1) is 0 Å². The Balaban J connectivity index is 1.83. The minimum atomic E-state index is -0.341. The van der Waals surface area contributed by atoms with E-state index in [2.05, 4.69) is 31.0 Å². The topological polar surface area (TPSA) is 32.7 Å². The molecule has 2 heterocycles. The van der Waals surface area contributed by atoms with E-state index in [1.165, 1.54) is 12.8 Å². The Kier molecular flexibility index (Phi) is 3.98. The SMILES string of the molecule is COc1cc(C)c(C(O)C2CC3CCC(C2)N3C)cc1C. The summed E-state index contributed by atoms with van der Waals surface area (Å²) in [5.41, 5.74) is 3.33. The Hall–Kier alpha value is -1.06. The number of hydrogen-bond donors (Lipinski definition) is 1. The molecule has 3 heteroatoms. The molecule has 116 valence electrons. The largest absolute Gasteiger partial charge is 0.496 e. The van der Waals surface area contributed by atoms with Crippen LogP contribution in [0.3, 0.4) is 0 Å². The van der Waals surface area contributed by atoms with E-state index in [0.717, 1.165) is 35.3 Å². The van der Waals surface area contributed by atoms with Crippen molar-refractivity contribution < 1.29 is 9.84 Å². The number of aliphatic hydroxyl groups excluding tert-OH is 1. The van der Waals surface area contributed by atoms with Crippen molar-refractivity contribution in [2.24, 2.45) is 5.92 Å². The van der Waals surface area contributed by atoms with Crippen molar-refractivity contribution in [2.75, 3.05) is 14.2 Å². The van der Waals surface area contributed by atoms with Gasteiger partial charge in [0.05, 0.1) is 13.2 Å². The van der Waals surface area contributed by atoms with Gasteiger partial charge in [0.1, 0.15) is 5.75 Å². The first-order chi connectivity index (χ1) is 10.0. The molecule has 2 fully saturated rings. The van der Waals surface area contributed by atoms with E-state index >= 15 is 0 Å². The number of fused-ring (bicyclic) bond motifs is 2. The van der Waals surface area contributed by atoms with Crippen molar-refractivity contribution in [3.63, 3.8) is 0 Å². The fraction of sp³-hybridized carbons (Fsp3) is 0.667. The molecule has 2 bridgehead atoms. The quantitative estimate of drug-likeness (QED) is 0.927. The number of aryl methyl sites for hydroxylation is 2. The first kappa shape index (κ1) is 14.9. The third-order valence-electron chi connectivity index (χ3n) is 5.68. The normalized spacial score (nSPS) is 30.4. The summed E-state index contributed by atoms with van der Waals surface area (Å²) in [4.78, 5) is 2.52. The van der Waals surface area contributed by atoms with Crippen LogP contribution >= 0.6 is 0 Å². The van der Waals surface area contributed by atoms with E-state index in [1.807, 2.05) is 6.92 Å². The molecule has 1 aromatic rings. The molecule has 0 aromatic heterocycles. The van der Waals surface area contributed by atoms with Crippen LogP contribution < -0.4 is 4.74 Å². The zero-order chi connectivity index (χ0) is 15.1. The minimum absolute atomic E-state index is 0.341. The van der Waals surface area contributed by atoms with Crippen LogP contribution in [0.4, 0.5) is 0 Å². The second-order valence-electron chi connectivity index (χ2n) is 6.91. The van der Waals surface area contributed by atoms with E-state index in [0.29, 0.717) is 18.0 Å². The highest BCUT2D eigenvalue weighted by Gasteiger charge is 2.41. The summed E-state index contributed by atoms with van der Waals surface area (Å²) in [5, 5.41) is 10.9. The number of ether oxygens (including phenoxy) is 1. The van der Waals surface area contributed by atoms with Crippen LogP contribution in [0.1, 0.15) is 48.5 Å². The molecule has 2 saturated heterocycles. The molecule has 2 aliphatic heterocycles. The number of nitrogens with zero attached hydrogens (tertiary/aromatic N) is 1. The summed E-state index contributed by atoms with van der Waals surface area (Å²) in [7, 11) is 3.94. The fourth-order valence-corrected chi connectivity index (χ4v) is 4.32. The molecule has 0 saturated carbocycles. The van der Waals surface area contributed by atoms with Crippen molar-refractivity contribution in [3.05, 3.63) is 28.8 Å². The molecular formula is C18H27NO2. The highest BCUT2D eigenvalue weighted by molar-refractivity contribution is 5.42. The summed E-state index contributed by atoms with van der Waals surface area (Å²) < 4.78 is 5.38. The van der Waals surface area contributed by atoms with Gasteiger partial charge in [-0.3, -0.25) is 0 Å². The summed E-state index contributed by atoms with van der Waals surface area (Å²) in [6, 6.07) is 5.50. The number of methoxy groups -OCH3 is 1. The van der Waals surface area contributed by atoms with E-state index in [9.17, 15) is 5.11 Å². The first-order valence-electron chi connectivity index (χ1n) is 8.06. The van der Waals surface area contributed by atoms with Gasteiger partial charge in [-0.25, -0.2) is 0 Å². The summed E-state index contributed by atoms with van der Waals surface area (Å²) in [6.07, 6.45) is 4.50. The van der Waals surface area contributed by atoms with Gasteiger partial charge >= 0.3 is 0 Å². The summed E-state index contributed by atoms with van der Waals surface area (Å²) in [5.74, 6) is 1.30. The van der Waals surface area contributed by atoms with Crippen molar-refractivity contribution in [1.29, 1.82) is 0 Å². The van der Waals surface area contributed by atoms with Crippen molar-refractivity contribution in [2.45, 2.75) is 57.7 Å². The molecular weight excluding hydrogens is 262 g/mol. The molecule has 1 aromatic carbocycles. The molecule has 3 unspecified atom stereocenters. The number of aliphatic hydroxyl groups is 1. The predicted octanol–water partition coefficient (Wildman–Crippen LogP) is 3.22. The predicted molar refractivity (Wildman–Crippen MR) is 84.7 cm³/mol. The van der Waals surface area contributed by atoms with Crippen LogP contribution in [0.2, 0.25) is 0 Å². The third kappa shape index (κ3) is 2.58. The molecule has 0 radical (unpaired) electrons. The van der Waals surface area contributed by atoms with E-state index in [4.69, 9.17) is 4.74 Å². The van der Waals surface area contributed by atoms with E-state index in [1.54, 1.807) is 7.11 Å². The van der Waals surface area contributed by atoms with Crippen molar-refractivity contribution >= 4 is 0 Å². The fourth-order valence-electron chi connectivity index (χ4n) is 4.32. The average molecular weight is 289 g/mol. The zero-order valence-electron chi connectivity index (χ0n) is 13.6. The van der Waals surface area contributed by atoms with Gasteiger partial charge in [0.15, 0.2) is 0 Å². The maximum Gasteiger partial charge on any atom is 0.122 e. The molecule has 0 amide bonds. The Morgan fingerprint density at radius 2 is 1.76 bits per heavy atom. The Bertz CT molecular complexity index is 514.